The normalized spacial score (nSPS) is 7.14. The van der Waals surface area contributed by atoms with Gasteiger partial charge in [0.25, 0.3) is 0 Å². The van der Waals surface area contributed by atoms with Gasteiger partial charge in [0.15, 0.2) is 0 Å². The monoisotopic (exact) mass is 292 g/mol. The molecule has 0 heterocycles. The molecule has 0 N–H and O–H groups in total. The molecule has 2 nitrogen and oxygen atoms in total. The minimum Gasteiger partial charge on any atom is -0.359 e. The van der Waals surface area contributed by atoms with Crippen LogP contribution >= 0.6 is 0 Å². The first-order valence-corrected chi connectivity index (χ1v) is 7.39. The highest BCUT2D eigenvalue weighted by atomic mass is 16.6. The maximum atomic E-state index is 4.47. The van der Waals surface area contributed by atoms with Crippen molar-refractivity contribution >= 4 is 0 Å². The van der Waals surface area contributed by atoms with Crippen molar-refractivity contribution in [3.05, 3.63) is 72.8 Å². The molecule has 0 aliphatic heterocycles. The Morgan fingerprint density at radius 2 is 0.571 bits per heavy atom. The second-order valence-electron chi connectivity index (χ2n) is 3.00. The average Bonchev–Trinajstić information content (AvgIpc) is 2.63. The topological polar surface area (TPSA) is 18.5 Å². The third-order valence-electron chi connectivity index (χ3n) is 1.57. The van der Waals surface area contributed by atoms with E-state index in [1.165, 1.54) is 0 Å². The molecule has 0 unspecified atom stereocenters. The van der Waals surface area contributed by atoms with Gasteiger partial charge in [-0.3, -0.25) is 0 Å². The maximum absolute atomic E-state index is 4.47. The Labute approximate surface area is 131 Å². The molecule has 0 aliphatic carbocycles. The summed E-state index contributed by atoms with van der Waals surface area (Å²) in [6, 6.07) is 24.0. The number of methoxy groups -OCH3 is 2. The molecule has 0 amide bonds. The smallest absolute Gasteiger partial charge is 0.145 e. The van der Waals surface area contributed by atoms with Gasteiger partial charge in [0, 0.05) is 14.2 Å². The molecule has 21 heavy (non-hydrogen) atoms. The molecule has 2 aromatic carbocycles. The van der Waals surface area contributed by atoms with Crippen molar-refractivity contribution in [2.45, 2.75) is 27.7 Å². The Kier molecular flexibility index (Phi) is 36.0. The van der Waals surface area contributed by atoms with Gasteiger partial charge in [0.2, 0.25) is 0 Å². The number of hydrogen-bond acceptors (Lipinski definition) is 2. The Balaban J connectivity index is -0.000000208. The molecular formula is C19H32O2. The number of benzene rings is 2. The summed E-state index contributed by atoms with van der Waals surface area (Å²) in [5.74, 6) is 0. The summed E-state index contributed by atoms with van der Waals surface area (Å²) in [7, 11) is 3.17. The first-order chi connectivity index (χ1) is 10.4. The van der Waals surface area contributed by atoms with E-state index in [4.69, 9.17) is 0 Å². The van der Waals surface area contributed by atoms with Gasteiger partial charge in [-0.1, -0.05) is 100 Å². The van der Waals surface area contributed by atoms with Crippen LogP contribution in [0.1, 0.15) is 27.7 Å². The molecule has 0 bridgehead atoms. The highest BCUT2D eigenvalue weighted by Gasteiger charge is 1.63. The lowest BCUT2D eigenvalue weighted by atomic mass is 10.4. The van der Waals surface area contributed by atoms with Crippen molar-refractivity contribution in [2.75, 3.05) is 21.0 Å². The van der Waals surface area contributed by atoms with Gasteiger partial charge in [0.05, 0.1) is 0 Å². The predicted molar refractivity (Wildman–Crippen MR) is 94.5 cm³/mol. The highest BCUT2D eigenvalue weighted by Crippen LogP contribution is 1.80. The molecule has 0 aromatic heterocycles. The lowest BCUT2D eigenvalue weighted by Crippen LogP contribution is -1.87. The van der Waals surface area contributed by atoms with Gasteiger partial charge in [-0.2, -0.15) is 0 Å². The van der Waals surface area contributed by atoms with E-state index in [1.807, 2.05) is 100 Å². The minimum absolute atomic E-state index is 0.389. The number of rotatable bonds is 2. The van der Waals surface area contributed by atoms with E-state index in [9.17, 15) is 0 Å². The molecular weight excluding hydrogens is 260 g/mol. The number of ether oxygens (including phenoxy) is 2. The van der Waals surface area contributed by atoms with Crippen molar-refractivity contribution < 1.29 is 9.47 Å². The zero-order chi connectivity index (χ0) is 16.6. The van der Waals surface area contributed by atoms with E-state index < -0.39 is 0 Å². The van der Waals surface area contributed by atoms with Gasteiger partial charge < -0.3 is 9.47 Å². The van der Waals surface area contributed by atoms with Gasteiger partial charge in [-0.15, -0.1) is 0 Å². The average molecular weight is 292 g/mol. The molecule has 2 aromatic rings. The predicted octanol–water partition coefficient (Wildman–Crippen LogP) is 5.66. The van der Waals surface area contributed by atoms with Crippen molar-refractivity contribution in [2.24, 2.45) is 0 Å². The third kappa shape index (κ3) is 32.2. The largest absolute Gasteiger partial charge is 0.359 e. The first-order valence-electron chi connectivity index (χ1n) is 7.39. The van der Waals surface area contributed by atoms with Gasteiger partial charge in [-0.25, -0.2) is 0 Å². The molecule has 0 saturated heterocycles. The third-order valence-corrected chi connectivity index (χ3v) is 1.57. The molecule has 0 saturated carbocycles. The molecule has 0 spiro atoms. The van der Waals surface area contributed by atoms with E-state index in [2.05, 4.69) is 9.47 Å². The van der Waals surface area contributed by atoms with Crippen LogP contribution in [-0.2, 0) is 9.47 Å². The lowest BCUT2D eigenvalue weighted by molar-refractivity contribution is -0.00271. The van der Waals surface area contributed by atoms with Gasteiger partial charge in [0.1, 0.15) is 6.79 Å². The van der Waals surface area contributed by atoms with Crippen molar-refractivity contribution in [1.29, 1.82) is 0 Å². The summed E-state index contributed by atoms with van der Waals surface area (Å²) in [4.78, 5) is 0. The first kappa shape index (κ1) is 24.4. The molecule has 0 radical (unpaired) electrons. The van der Waals surface area contributed by atoms with E-state index in [1.54, 1.807) is 14.2 Å². The zero-order valence-electron chi connectivity index (χ0n) is 14.5. The quantitative estimate of drug-likeness (QED) is 0.665. The van der Waals surface area contributed by atoms with Crippen LogP contribution in [0, 0.1) is 0 Å². The van der Waals surface area contributed by atoms with Crippen LogP contribution in [0.15, 0.2) is 72.8 Å². The summed E-state index contributed by atoms with van der Waals surface area (Å²) in [5.41, 5.74) is 0. The zero-order valence-corrected chi connectivity index (χ0v) is 14.5. The number of hydrogen-bond donors (Lipinski definition) is 0. The van der Waals surface area contributed by atoms with E-state index in [-0.39, 0.29) is 0 Å². The summed E-state index contributed by atoms with van der Waals surface area (Å²) >= 11 is 0. The summed E-state index contributed by atoms with van der Waals surface area (Å²) < 4.78 is 8.94. The second-order valence-corrected chi connectivity index (χ2v) is 3.00. The minimum atomic E-state index is 0.389. The molecule has 0 atom stereocenters. The van der Waals surface area contributed by atoms with Crippen molar-refractivity contribution in [3.8, 4) is 0 Å². The van der Waals surface area contributed by atoms with Crippen molar-refractivity contribution in [3.63, 3.8) is 0 Å². The summed E-state index contributed by atoms with van der Waals surface area (Å²) in [5, 5.41) is 0. The van der Waals surface area contributed by atoms with E-state index >= 15 is 0 Å². The highest BCUT2D eigenvalue weighted by molar-refractivity contribution is 4.99. The van der Waals surface area contributed by atoms with Crippen LogP contribution in [-0.4, -0.2) is 21.0 Å². The summed E-state index contributed by atoms with van der Waals surface area (Å²) in [6.07, 6.45) is 0. The Morgan fingerprint density at radius 1 is 0.429 bits per heavy atom. The standard InChI is InChI=1S/2C6H6.C3H8O2.2C2H6/c2*1-2-4-6-5-3-1;1-4-3-5-2;2*1-2/h2*1-6H;3H2,1-2H3;2*1-2H3. The van der Waals surface area contributed by atoms with Crippen LogP contribution in [0.5, 0.6) is 0 Å². The summed E-state index contributed by atoms with van der Waals surface area (Å²) in [6.45, 7) is 8.39. The van der Waals surface area contributed by atoms with E-state index in [0.29, 0.717) is 6.79 Å². The van der Waals surface area contributed by atoms with E-state index in [0.717, 1.165) is 0 Å². The molecule has 2 heteroatoms. The maximum Gasteiger partial charge on any atom is 0.145 e. The molecule has 2 rings (SSSR count). The van der Waals surface area contributed by atoms with Crippen LogP contribution < -0.4 is 0 Å². The fourth-order valence-electron chi connectivity index (χ4n) is 0.888. The second kappa shape index (κ2) is 31.0. The lowest BCUT2D eigenvalue weighted by Gasteiger charge is -1.87. The fraction of sp³-hybridized carbons (Fsp3) is 0.368. The molecule has 0 fully saturated rings. The van der Waals surface area contributed by atoms with Crippen molar-refractivity contribution in [1.82, 2.24) is 0 Å². The molecule has 0 aliphatic rings. The van der Waals surface area contributed by atoms with Crippen LogP contribution in [0.4, 0.5) is 0 Å². The van der Waals surface area contributed by atoms with Crippen LogP contribution in [0.25, 0.3) is 0 Å². The Morgan fingerprint density at radius 3 is 0.619 bits per heavy atom. The van der Waals surface area contributed by atoms with Gasteiger partial charge >= 0.3 is 0 Å². The SMILES string of the molecule is CC.CC.COCOC.c1ccccc1.c1ccccc1. The fourth-order valence-corrected chi connectivity index (χ4v) is 0.888. The molecule has 120 valence electrons. The van der Waals surface area contributed by atoms with Gasteiger partial charge in [-0.05, 0) is 0 Å². The Hall–Kier alpha value is -1.64. The van der Waals surface area contributed by atoms with Crippen LogP contribution in [0.3, 0.4) is 0 Å². The Bertz CT molecular complexity index is 222. The van der Waals surface area contributed by atoms with Crippen LogP contribution in [0.2, 0.25) is 0 Å².